The number of rotatable bonds is 20. The van der Waals surface area contributed by atoms with Crippen molar-refractivity contribution in [1.82, 2.24) is 10.2 Å². The van der Waals surface area contributed by atoms with E-state index >= 15 is 0 Å². The van der Waals surface area contributed by atoms with E-state index in [-0.39, 0.29) is 11.8 Å². The Morgan fingerprint density at radius 1 is 0.607 bits per heavy atom. The Morgan fingerprint density at radius 3 is 1.68 bits per heavy atom. The maximum Gasteiger partial charge on any atom is 0.223 e. The molecule has 0 aromatic heterocycles. The number of carbonyl (C=O) groups excluding carboxylic acids is 2. The fourth-order valence-electron chi connectivity index (χ4n) is 3.37. The van der Waals surface area contributed by atoms with Crippen molar-refractivity contribution in [3.05, 3.63) is 0 Å². The Morgan fingerprint density at radius 2 is 1.11 bits per heavy atom. The van der Waals surface area contributed by atoms with Crippen LogP contribution >= 0.6 is 0 Å². The van der Waals surface area contributed by atoms with Crippen LogP contribution in [0.1, 0.15) is 124 Å². The first kappa shape index (κ1) is 26.9. The highest BCUT2D eigenvalue weighted by atomic mass is 16.2. The maximum atomic E-state index is 12.5. The van der Waals surface area contributed by atoms with E-state index in [4.69, 9.17) is 0 Å². The number of nitrogens with one attached hydrogen (secondary N) is 1. The first-order valence-electron chi connectivity index (χ1n) is 12.2. The first-order chi connectivity index (χ1) is 13.7. The summed E-state index contributed by atoms with van der Waals surface area (Å²) in [5.41, 5.74) is 0. The van der Waals surface area contributed by atoms with Crippen LogP contribution in [0.2, 0.25) is 0 Å². The van der Waals surface area contributed by atoms with E-state index in [1.54, 1.807) is 0 Å². The van der Waals surface area contributed by atoms with Gasteiger partial charge in [0.05, 0.1) is 0 Å². The van der Waals surface area contributed by atoms with Gasteiger partial charge in [-0.1, -0.05) is 91.4 Å². The lowest BCUT2D eigenvalue weighted by Crippen LogP contribution is -2.34. The highest BCUT2D eigenvalue weighted by Gasteiger charge is 2.14. The van der Waals surface area contributed by atoms with Gasteiger partial charge in [-0.15, -0.1) is 0 Å². The third kappa shape index (κ3) is 17.1. The SMILES string of the molecule is CCCCCCCCCCCCN(CCCC)C(=O)CCC(=O)NCCCC. The number of hydrogen-bond donors (Lipinski definition) is 1. The molecule has 0 unspecified atom stereocenters. The molecule has 0 bridgehead atoms. The fourth-order valence-corrected chi connectivity index (χ4v) is 3.37. The van der Waals surface area contributed by atoms with Crippen LogP contribution in [0.4, 0.5) is 0 Å². The van der Waals surface area contributed by atoms with Gasteiger partial charge in [0, 0.05) is 32.5 Å². The zero-order valence-corrected chi connectivity index (χ0v) is 19.2. The van der Waals surface area contributed by atoms with E-state index in [1.165, 1.54) is 57.8 Å². The Hall–Kier alpha value is -1.06. The second-order valence-corrected chi connectivity index (χ2v) is 8.12. The summed E-state index contributed by atoms with van der Waals surface area (Å²) in [5, 5.41) is 2.90. The molecule has 2 amide bonds. The van der Waals surface area contributed by atoms with Crippen molar-refractivity contribution in [2.75, 3.05) is 19.6 Å². The Kier molecular flexibility index (Phi) is 19.9. The van der Waals surface area contributed by atoms with Gasteiger partial charge in [0.15, 0.2) is 0 Å². The van der Waals surface area contributed by atoms with E-state index in [0.717, 1.165) is 51.7 Å². The second kappa shape index (κ2) is 20.7. The van der Waals surface area contributed by atoms with Crippen LogP contribution in [0.3, 0.4) is 0 Å². The predicted molar refractivity (Wildman–Crippen MR) is 120 cm³/mol. The lowest BCUT2D eigenvalue weighted by molar-refractivity contribution is -0.133. The monoisotopic (exact) mass is 396 g/mol. The summed E-state index contributed by atoms with van der Waals surface area (Å²) < 4.78 is 0. The zero-order chi connectivity index (χ0) is 20.9. The third-order valence-electron chi connectivity index (χ3n) is 5.33. The van der Waals surface area contributed by atoms with E-state index in [2.05, 4.69) is 26.1 Å². The van der Waals surface area contributed by atoms with Crippen LogP contribution < -0.4 is 5.32 Å². The molecule has 0 heterocycles. The lowest BCUT2D eigenvalue weighted by atomic mass is 10.1. The van der Waals surface area contributed by atoms with Crippen LogP contribution in [0, 0.1) is 0 Å². The first-order valence-corrected chi connectivity index (χ1v) is 12.2. The molecule has 28 heavy (non-hydrogen) atoms. The van der Waals surface area contributed by atoms with Crippen LogP contribution in [0.15, 0.2) is 0 Å². The van der Waals surface area contributed by atoms with Crippen molar-refractivity contribution >= 4 is 11.8 Å². The minimum atomic E-state index is 0.0104. The molecule has 0 rings (SSSR count). The fraction of sp³-hybridized carbons (Fsp3) is 0.917. The van der Waals surface area contributed by atoms with E-state index in [1.807, 2.05) is 4.90 Å². The molecule has 0 atom stereocenters. The average molecular weight is 397 g/mol. The quantitative estimate of drug-likeness (QED) is 0.248. The van der Waals surface area contributed by atoms with Gasteiger partial charge in [-0.25, -0.2) is 0 Å². The third-order valence-corrected chi connectivity index (χ3v) is 5.33. The summed E-state index contributed by atoms with van der Waals surface area (Å²) in [6.45, 7) is 8.94. The number of unbranched alkanes of at least 4 members (excludes halogenated alkanes) is 11. The van der Waals surface area contributed by atoms with Gasteiger partial charge in [0.25, 0.3) is 0 Å². The molecule has 0 radical (unpaired) electrons. The topological polar surface area (TPSA) is 49.4 Å². The smallest absolute Gasteiger partial charge is 0.223 e. The number of amides is 2. The van der Waals surface area contributed by atoms with Crippen LogP contribution in [0.5, 0.6) is 0 Å². The normalized spacial score (nSPS) is 10.8. The molecule has 0 aliphatic carbocycles. The standard InChI is InChI=1S/C24H48N2O2/c1-4-7-10-11-12-13-14-15-16-17-22-26(21-9-6-3)24(28)19-18-23(27)25-20-8-5-2/h4-22H2,1-3H3,(H,25,27). The van der Waals surface area contributed by atoms with Gasteiger partial charge in [0.2, 0.25) is 11.8 Å². The van der Waals surface area contributed by atoms with E-state index < -0.39 is 0 Å². The van der Waals surface area contributed by atoms with Crippen molar-refractivity contribution in [2.24, 2.45) is 0 Å². The summed E-state index contributed by atoms with van der Waals surface area (Å²) in [7, 11) is 0. The van der Waals surface area contributed by atoms with E-state index in [0.29, 0.717) is 12.8 Å². The minimum absolute atomic E-state index is 0.0104. The van der Waals surface area contributed by atoms with Gasteiger partial charge in [-0.2, -0.15) is 0 Å². The Balaban J connectivity index is 3.90. The van der Waals surface area contributed by atoms with Gasteiger partial charge in [-0.05, 0) is 19.3 Å². The molecule has 0 aliphatic heterocycles. The Labute approximate surface area is 175 Å². The Bertz CT molecular complexity index is 372. The van der Waals surface area contributed by atoms with E-state index in [9.17, 15) is 9.59 Å². The molecule has 0 fully saturated rings. The molecule has 0 spiro atoms. The molecule has 4 nitrogen and oxygen atoms in total. The van der Waals surface area contributed by atoms with Crippen molar-refractivity contribution < 1.29 is 9.59 Å². The summed E-state index contributed by atoms with van der Waals surface area (Å²) in [4.78, 5) is 26.3. The minimum Gasteiger partial charge on any atom is -0.356 e. The summed E-state index contributed by atoms with van der Waals surface area (Å²) in [5.74, 6) is 0.159. The summed E-state index contributed by atoms with van der Waals surface area (Å²) >= 11 is 0. The molecule has 4 heteroatoms. The van der Waals surface area contributed by atoms with Crippen LogP contribution in [0.25, 0.3) is 0 Å². The predicted octanol–water partition coefficient (Wildman–Crippen LogP) is 6.23. The van der Waals surface area contributed by atoms with Gasteiger partial charge < -0.3 is 10.2 Å². The molecular formula is C24H48N2O2. The highest BCUT2D eigenvalue weighted by molar-refractivity contribution is 5.83. The largest absolute Gasteiger partial charge is 0.356 e. The maximum absolute atomic E-state index is 12.5. The number of nitrogens with zero attached hydrogens (tertiary/aromatic N) is 1. The molecular weight excluding hydrogens is 348 g/mol. The van der Waals surface area contributed by atoms with Crippen molar-refractivity contribution in [1.29, 1.82) is 0 Å². The van der Waals surface area contributed by atoms with Crippen molar-refractivity contribution in [2.45, 2.75) is 124 Å². The van der Waals surface area contributed by atoms with Crippen molar-refractivity contribution in [3.8, 4) is 0 Å². The summed E-state index contributed by atoms with van der Waals surface area (Å²) in [6.07, 6.45) is 18.0. The number of hydrogen-bond acceptors (Lipinski definition) is 2. The molecule has 0 aromatic rings. The van der Waals surface area contributed by atoms with Gasteiger partial charge >= 0.3 is 0 Å². The second-order valence-electron chi connectivity index (χ2n) is 8.12. The molecule has 0 saturated carbocycles. The molecule has 0 aromatic carbocycles. The zero-order valence-electron chi connectivity index (χ0n) is 19.2. The average Bonchev–Trinajstić information content (AvgIpc) is 2.70. The molecule has 0 aliphatic rings. The van der Waals surface area contributed by atoms with Crippen LogP contribution in [-0.2, 0) is 9.59 Å². The van der Waals surface area contributed by atoms with Crippen molar-refractivity contribution in [3.63, 3.8) is 0 Å². The number of carbonyl (C=O) groups is 2. The lowest BCUT2D eigenvalue weighted by Gasteiger charge is -2.22. The molecule has 166 valence electrons. The van der Waals surface area contributed by atoms with Gasteiger partial charge in [0.1, 0.15) is 0 Å². The van der Waals surface area contributed by atoms with Crippen LogP contribution in [-0.4, -0.2) is 36.3 Å². The molecule has 0 saturated heterocycles. The summed E-state index contributed by atoms with van der Waals surface area (Å²) in [6, 6.07) is 0. The highest BCUT2D eigenvalue weighted by Crippen LogP contribution is 2.11. The molecule has 1 N–H and O–H groups in total. The van der Waals surface area contributed by atoms with Gasteiger partial charge in [-0.3, -0.25) is 9.59 Å².